The maximum atomic E-state index is 11.7. The third-order valence-corrected chi connectivity index (χ3v) is 8.25. The largest absolute Gasteiger partial charge is 0.484 e. The molecule has 4 nitrogen and oxygen atoms in total. The molecule has 0 spiro atoms. The summed E-state index contributed by atoms with van der Waals surface area (Å²) in [5, 5.41) is 0. The van der Waals surface area contributed by atoms with E-state index in [-0.39, 0.29) is 17.0 Å². The number of ether oxygens (including phenoxy) is 1. The predicted molar refractivity (Wildman–Crippen MR) is 110 cm³/mol. The second-order valence-electron chi connectivity index (χ2n) is 7.17. The summed E-state index contributed by atoms with van der Waals surface area (Å²) in [6, 6.07) is 6.85. The van der Waals surface area contributed by atoms with Crippen LogP contribution in [0.3, 0.4) is 0 Å². The quantitative estimate of drug-likeness (QED) is 0.664. The van der Waals surface area contributed by atoms with E-state index in [0.29, 0.717) is 10.1 Å². The molecule has 2 heterocycles. The van der Waals surface area contributed by atoms with Gasteiger partial charge in [0.05, 0.1) is 15.3 Å². The van der Waals surface area contributed by atoms with Crippen LogP contribution in [0, 0.1) is 0 Å². The lowest BCUT2D eigenvalue weighted by atomic mass is 9.87. The molecule has 1 aliphatic heterocycles. The molecule has 0 unspecified atom stereocenters. The highest BCUT2D eigenvalue weighted by Gasteiger charge is 2.39. The first-order valence-electron chi connectivity index (χ1n) is 9.02. The van der Waals surface area contributed by atoms with E-state index < -0.39 is 9.84 Å². The van der Waals surface area contributed by atoms with E-state index in [1.54, 1.807) is 24.3 Å². The maximum Gasteiger partial charge on any atom is 0.175 e. The van der Waals surface area contributed by atoms with Gasteiger partial charge < -0.3 is 4.74 Å². The molecule has 4 rings (SSSR count). The van der Waals surface area contributed by atoms with Crippen LogP contribution in [-0.4, -0.2) is 38.7 Å². The van der Waals surface area contributed by atoms with Crippen molar-refractivity contribution in [1.82, 2.24) is 4.90 Å². The zero-order valence-electron chi connectivity index (χ0n) is 15.0. The maximum absolute atomic E-state index is 11.7. The van der Waals surface area contributed by atoms with E-state index >= 15 is 0 Å². The lowest BCUT2D eigenvalue weighted by Crippen LogP contribution is -2.42. The average Bonchev–Trinajstić information content (AvgIpc) is 3.24. The third kappa shape index (κ3) is 3.87. The number of fused-ring (bicyclic) bond motifs is 1. The first-order chi connectivity index (χ1) is 12.8. The Morgan fingerprint density at radius 3 is 2.41 bits per heavy atom. The molecule has 0 N–H and O–H groups in total. The average molecular weight is 446 g/mol. The van der Waals surface area contributed by atoms with Crippen LogP contribution in [-0.2, 0) is 16.3 Å². The summed E-state index contributed by atoms with van der Waals surface area (Å²) in [7, 11) is -3.23. The zero-order valence-corrected chi connectivity index (χ0v) is 18.1. The Balaban J connectivity index is 1.68. The highest BCUT2D eigenvalue weighted by Crippen LogP contribution is 2.48. The number of thiophene rings is 1. The molecule has 146 valence electrons. The molecule has 1 saturated heterocycles. The third-order valence-electron chi connectivity index (χ3n) is 5.40. The second kappa shape index (κ2) is 7.56. The number of likely N-dealkylation sites (tertiary alicyclic amines) is 1. The summed E-state index contributed by atoms with van der Waals surface area (Å²) in [5.74, 6) is 0.642. The molecule has 27 heavy (non-hydrogen) atoms. The fourth-order valence-corrected chi connectivity index (χ4v) is 6.54. The highest BCUT2D eigenvalue weighted by atomic mass is 35.5. The molecule has 0 amide bonds. The highest BCUT2D eigenvalue weighted by molar-refractivity contribution is 7.90. The van der Waals surface area contributed by atoms with E-state index in [0.717, 1.165) is 41.4 Å². The monoisotopic (exact) mass is 445 g/mol. The van der Waals surface area contributed by atoms with Crippen LogP contribution in [0.25, 0.3) is 0 Å². The molecule has 1 aromatic heterocycles. The summed E-state index contributed by atoms with van der Waals surface area (Å²) in [4.78, 5) is 2.77. The molecule has 2 aliphatic rings. The summed E-state index contributed by atoms with van der Waals surface area (Å²) in [5.41, 5.74) is 2.10. The van der Waals surface area contributed by atoms with E-state index in [2.05, 4.69) is 4.90 Å². The number of halogens is 2. The Kier molecular flexibility index (Phi) is 5.47. The fourth-order valence-electron chi connectivity index (χ4n) is 4.07. The SMILES string of the molecule is CS(=O)(=O)c1ccc(O[C@H]2c3c(Cl)sc(Cl)c3CC[C@@H]2N2CCCC2)cc1. The van der Waals surface area contributed by atoms with Gasteiger partial charge in [-0.1, -0.05) is 23.2 Å². The molecule has 1 aliphatic carbocycles. The van der Waals surface area contributed by atoms with Crippen molar-refractivity contribution in [3.8, 4) is 5.75 Å². The number of sulfone groups is 1. The number of hydrogen-bond acceptors (Lipinski definition) is 5. The van der Waals surface area contributed by atoms with Crippen LogP contribution in [0.15, 0.2) is 29.2 Å². The Labute approximate surface area is 174 Å². The molecular formula is C19H21Cl2NO3S2. The van der Waals surface area contributed by atoms with Gasteiger partial charge in [0.1, 0.15) is 16.2 Å². The number of nitrogens with zero attached hydrogens (tertiary/aromatic N) is 1. The first-order valence-corrected chi connectivity index (χ1v) is 12.5. The van der Waals surface area contributed by atoms with E-state index in [1.165, 1.54) is 30.4 Å². The summed E-state index contributed by atoms with van der Waals surface area (Å²) in [6.07, 6.45) is 5.30. The van der Waals surface area contributed by atoms with E-state index in [9.17, 15) is 8.42 Å². The second-order valence-corrected chi connectivity index (χ2v) is 11.4. The smallest absolute Gasteiger partial charge is 0.175 e. The van der Waals surface area contributed by atoms with Crippen LogP contribution in [0.5, 0.6) is 5.75 Å². The van der Waals surface area contributed by atoms with Crippen LogP contribution in [0.1, 0.15) is 36.5 Å². The molecular weight excluding hydrogens is 425 g/mol. The van der Waals surface area contributed by atoms with Gasteiger partial charge in [-0.3, -0.25) is 4.90 Å². The zero-order chi connectivity index (χ0) is 19.2. The van der Waals surface area contributed by atoms with Crippen LogP contribution >= 0.6 is 34.5 Å². The van der Waals surface area contributed by atoms with Crippen molar-refractivity contribution < 1.29 is 13.2 Å². The van der Waals surface area contributed by atoms with Crippen LogP contribution in [0.4, 0.5) is 0 Å². The van der Waals surface area contributed by atoms with Gasteiger partial charge in [-0.05, 0) is 68.6 Å². The molecule has 0 radical (unpaired) electrons. The molecule has 2 aromatic rings. The summed E-state index contributed by atoms with van der Waals surface area (Å²) in [6.45, 7) is 2.14. The molecule has 1 aromatic carbocycles. The van der Waals surface area contributed by atoms with Gasteiger partial charge in [0.25, 0.3) is 0 Å². The fraction of sp³-hybridized carbons (Fsp3) is 0.474. The van der Waals surface area contributed by atoms with E-state index in [4.69, 9.17) is 27.9 Å². The first kappa shape index (κ1) is 19.5. The minimum absolute atomic E-state index is 0.202. The van der Waals surface area contributed by atoms with Crippen molar-refractivity contribution in [2.24, 2.45) is 0 Å². The minimum atomic E-state index is -3.23. The Hall–Kier alpha value is -0.790. The Morgan fingerprint density at radius 2 is 1.78 bits per heavy atom. The Bertz CT molecular complexity index is 935. The molecule has 0 bridgehead atoms. The number of benzene rings is 1. The standard InChI is InChI=1S/C19H21Cl2NO3S2/c1-27(23,24)13-6-4-12(5-7-13)25-17-15(22-10-2-3-11-22)9-8-14-16(17)19(21)26-18(14)20/h4-7,15,17H,2-3,8-11H2,1H3/t15-,17+/m0/s1. The molecule has 0 saturated carbocycles. The van der Waals surface area contributed by atoms with Crippen molar-refractivity contribution in [1.29, 1.82) is 0 Å². The summed E-state index contributed by atoms with van der Waals surface area (Å²) < 4.78 is 31.2. The van der Waals surface area contributed by atoms with Gasteiger partial charge in [0.2, 0.25) is 0 Å². The van der Waals surface area contributed by atoms with Crippen LogP contribution in [0.2, 0.25) is 8.67 Å². The number of rotatable bonds is 4. The van der Waals surface area contributed by atoms with Gasteiger partial charge in [-0.25, -0.2) is 8.42 Å². The normalized spacial score (nSPS) is 23.4. The lowest BCUT2D eigenvalue weighted by molar-refractivity contribution is 0.0677. The molecule has 2 atom stereocenters. The predicted octanol–water partition coefficient (Wildman–Crippen LogP) is 4.99. The van der Waals surface area contributed by atoms with Crippen molar-refractivity contribution >= 4 is 44.4 Å². The lowest BCUT2D eigenvalue weighted by Gasteiger charge is -2.38. The van der Waals surface area contributed by atoms with Crippen molar-refractivity contribution in [2.75, 3.05) is 19.3 Å². The van der Waals surface area contributed by atoms with Gasteiger partial charge in [-0.15, -0.1) is 11.3 Å². The Morgan fingerprint density at radius 1 is 1.11 bits per heavy atom. The minimum Gasteiger partial charge on any atom is -0.484 e. The molecule has 1 fully saturated rings. The van der Waals surface area contributed by atoms with Crippen molar-refractivity contribution in [3.05, 3.63) is 44.1 Å². The van der Waals surface area contributed by atoms with Crippen LogP contribution < -0.4 is 4.74 Å². The molecule has 8 heteroatoms. The van der Waals surface area contributed by atoms with Gasteiger partial charge in [-0.2, -0.15) is 0 Å². The van der Waals surface area contributed by atoms with Crippen molar-refractivity contribution in [3.63, 3.8) is 0 Å². The topological polar surface area (TPSA) is 46.6 Å². The van der Waals surface area contributed by atoms with Gasteiger partial charge in [0.15, 0.2) is 9.84 Å². The van der Waals surface area contributed by atoms with Gasteiger partial charge >= 0.3 is 0 Å². The summed E-state index contributed by atoms with van der Waals surface area (Å²) >= 11 is 14.3. The number of hydrogen-bond donors (Lipinski definition) is 0. The van der Waals surface area contributed by atoms with Crippen molar-refractivity contribution in [2.45, 2.75) is 42.7 Å². The van der Waals surface area contributed by atoms with E-state index in [1.807, 2.05) is 0 Å². The van der Waals surface area contributed by atoms with Gasteiger partial charge in [0, 0.05) is 11.8 Å².